The highest BCUT2D eigenvalue weighted by atomic mass is 16.6. The van der Waals surface area contributed by atoms with E-state index in [2.05, 4.69) is 11.9 Å². The Morgan fingerprint density at radius 3 is 1.98 bits per heavy atom. The Kier molecular flexibility index (Phi) is 9.49. The van der Waals surface area contributed by atoms with Crippen LogP contribution in [0.15, 0.2) is 115 Å². The fourth-order valence-corrected chi connectivity index (χ4v) is 4.75. The molecule has 8 nitrogen and oxygen atoms in total. The van der Waals surface area contributed by atoms with Gasteiger partial charge < -0.3 is 19.5 Å². The Labute approximate surface area is 240 Å². The maximum atomic E-state index is 13.8. The van der Waals surface area contributed by atoms with E-state index >= 15 is 0 Å². The van der Waals surface area contributed by atoms with Crippen LogP contribution in [0, 0.1) is 0 Å². The van der Waals surface area contributed by atoms with Crippen LogP contribution >= 0.6 is 0 Å². The molecule has 0 spiro atoms. The lowest BCUT2D eigenvalue weighted by Gasteiger charge is -2.53. The number of allylic oxidation sites excluding steroid dienone is 1. The molecular formula is C33H34N2O6. The number of methoxy groups -OCH3 is 1. The number of nitrogens with zero attached hydrogens (tertiary/aromatic N) is 1. The van der Waals surface area contributed by atoms with Crippen molar-refractivity contribution in [2.24, 2.45) is 0 Å². The first kappa shape index (κ1) is 29.5. The van der Waals surface area contributed by atoms with Gasteiger partial charge >= 0.3 is 5.97 Å². The molecule has 0 aliphatic carbocycles. The molecule has 8 heteroatoms. The van der Waals surface area contributed by atoms with Crippen molar-refractivity contribution < 1.29 is 28.6 Å². The van der Waals surface area contributed by atoms with Crippen molar-refractivity contribution in [3.8, 4) is 0 Å². The number of hydrogen-bond acceptors (Lipinski definition) is 6. The number of ether oxygens (including phenoxy) is 3. The molecule has 1 N–H and O–H groups in total. The van der Waals surface area contributed by atoms with E-state index in [1.165, 1.54) is 18.1 Å². The zero-order valence-electron chi connectivity index (χ0n) is 23.4. The van der Waals surface area contributed by atoms with Crippen molar-refractivity contribution >= 4 is 17.8 Å². The smallest absolute Gasteiger partial charge is 0.356 e. The number of carbonyl (C=O) groups excluding carboxylic acids is 3. The molecule has 41 heavy (non-hydrogen) atoms. The normalized spacial score (nSPS) is 17.9. The van der Waals surface area contributed by atoms with E-state index in [9.17, 15) is 14.4 Å². The maximum absolute atomic E-state index is 13.8. The molecule has 3 aromatic carbocycles. The quantitative estimate of drug-likeness (QED) is 0.115. The van der Waals surface area contributed by atoms with Gasteiger partial charge in [-0.15, -0.1) is 6.58 Å². The second-order valence-corrected chi connectivity index (χ2v) is 9.76. The molecule has 1 heterocycles. The first-order valence-electron chi connectivity index (χ1n) is 13.3. The highest BCUT2D eigenvalue weighted by Gasteiger charge is 2.66. The predicted octanol–water partition coefficient (Wildman–Crippen LogP) is 4.69. The number of likely N-dealkylation sites (tertiary alicyclic amines) is 1. The number of nitrogens with one attached hydrogen (secondary N) is 1. The summed E-state index contributed by atoms with van der Waals surface area (Å²) in [6, 6.07) is 27.8. The van der Waals surface area contributed by atoms with Gasteiger partial charge in [0.05, 0.1) is 13.0 Å². The van der Waals surface area contributed by atoms with Gasteiger partial charge in [0.25, 0.3) is 11.6 Å². The lowest BCUT2D eigenvalue weighted by molar-refractivity contribution is -0.253. The molecule has 0 aromatic heterocycles. The summed E-state index contributed by atoms with van der Waals surface area (Å²) < 4.78 is 17.6. The van der Waals surface area contributed by atoms with Gasteiger partial charge in [-0.2, -0.15) is 0 Å². The van der Waals surface area contributed by atoms with Crippen molar-refractivity contribution in [3.63, 3.8) is 0 Å². The van der Waals surface area contributed by atoms with Crippen LogP contribution in [0.4, 0.5) is 0 Å². The zero-order chi connectivity index (χ0) is 29.4. The molecule has 1 saturated heterocycles. The van der Waals surface area contributed by atoms with Gasteiger partial charge in [-0.05, 0) is 36.1 Å². The fraction of sp³-hybridized carbons (Fsp3) is 0.242. The lowest BCUT2D eigenvalue weighted by Crippen LogP contribution is -2.81. The third kappa shape index (κ3) is 6.29. The summed E-state index contributed by atoms with van der Waals surface area (Å²) in [6.45, 7) is 7.13. The molecule has 4 rings (SSSR count). The van der Waals surface area contributed by atoms with Crippen LogP contribution in [0.2, 0.25) is 0 Å². The van der Waals surface area contributed by atoms with Gasteiger partial charge in [0.2, 0.25) is 5.91 Å². The summed E-state index contributed by atoms with van der Waals surface area (Å²) in [5.41, 5.74) is 1.00. The summed E-state index contributed by atoms with van der Waals surface area (Å²) in [5.74, 6) is -1.81. The van der Waals surface area contributed by atoms with Gasteiger partial charge in [-0.1, -0.05) is 97.1 Å². The monoisotopic (exact) mass is 554 g/mol. The Balaban J connectivity index is 1.63. The van der Waals surface area contributed by atoms with Gasteiger partial charge in [-0.3, -0.25) is 14.5 Å². The van der Waals surface area contributed by atoms with E-state index in [1.54, 1.807) is 13.8 Å². The van der Waals surface area contributed by atoms with Gasteiger partial charge in [0, 0.05) is 7.11 Å². The number of rotatable bonds is 12. The maximum Gasteiger partial charge on any atom is 0.356 e. The molecule has 2 atom stereocenters. The molecule has 0 saturated carbocycles. The topological polar surface area (TPSA) is 94.2 Å². The number of amides is 2. The minimum Gasteiger partial charge on any atom is -0.448 e. The summed E-state index contributed by atoms with van der Waals surface area (Å²) in [6.07, 6.45) is -0.335. The Morgan fingerprint density at radius 2 is 1.49 bits per heavy atom. The standard InChI is InChI=1S/C33H34N2O6/c1-5-21-40-32-33(39-4,34-27(36)22-24-15-9-6-10-16-24)31(38)35(32)28(23(2)3)30(37)41-29(25-17-11-7-12-18-25)26-19-13-8-14-20-26/h5-20,29,32H,1,21-22H2,2-4H3,(H,34,36). The van der Waals surface area contributed by atoms with E-state index in [0.717, 1.165) is 16.7 Å². The van der Waals surface area contributed by atoms with Crippen LogP contribution in [0.1, 0.15) is 36.6 Å². The van der Waals surface area contributed by atoms with Crippen molar-refractivity contribution in [2.45, 2.75) is 38.3 Å². The second-order valence-electron chi connectivity index (χ2n) is 9.76. The highest BCUT2D eigenvalue weighted by Crippen LogP contribution is 2.39. The van der Waals surface area contributed by atoms with Gasteiger partial charge in [0.1, 0.15) is 5.70 Å². The van der Waals surface area contributed by atoms with Gasteiger partial charge in [-0.25, -0.2) is 4.79 Å². The third-order valence-electron chi connectivity index (χ3n) is 6.68. The largest absolute Gasteiger partial charge is 0.448 e. The van der Waals surface area contributed by atoms with Crippen LogP contribution in [0.3, 0.4) is 0 Å². The predicted molar refractivity (Wildman–Crippen MR) is 154 cm³/mol. The van der Waals surface area contributed by atoms with Crippen LogP contribution in [0.5, 0.6) is 0 Å². The average Bonchev–Trinajstić information content (AvgIpc) is 2.99. The van der Waals surface area contributed by atoms with E-state index in [4.69, 9.17) is 14.2 Å². The molecule has 0 radical (unpaired) electrons. The number of hydrogen-bond donors (Lipinski definition) is 1. The summed E-state index contributed by atoms with van der Waals surface area (Å²) in [5, 5.41) is 2.71. The molecule has 212 valence electrons. The summed E-state index contributed by atoms with van der Waals surface area (Å²) >= 11 is 0. The van der Waals surface area contributed by atoms with E-state index in [-0.39, 0.29) is 18.7 Å². The lowest BCUT2D eigenvalue weighted by atomic mass is 9.95. The molecule has 2 amide bonds. The number of benzene rings is 3. The molecule has 3 aromatic rings. The molecule has 1 aliphatic rings. The molecular weight excluding hydrogens is 520 g/mol. The molecule has 1 aliphatic heterocycles. The number of β-lactam (4-membered cyclic amide) rings is 1. The van der Waals surface area contributed by atoms with Crippen molar-refractivity contribution in [1.29, 1.82) is 0 Å². The van der Waals surface area contributed by atoms with E-state index < -0.39 is 35.8 Å². The second kappa shape index (κ2) is 13.2. The SMILES string of the molecule is C=CCOC1N(C(C(=O)OC(c2ccccc2)c2ccccc2)=C(C)C)C(=O)C1(NC(=O)Cc1ccccc1)OC. The average molecular weight is 555 g/mol. The van der Waals surface area contributed by atoms with Crippen LogP contribution < -0.4 is 5.32 Å². The first-order valence-corrected chi connectivity index (χ1v) is 13.3. The van der Waals surface area contributed by atoms with Crippen LogP contribution in [-0.4, -0.2) is 48.4 Å². The Hall–Kier alpha value is -4.53. The van der Waals surface area contributed by atoms with Crippen LogP contribution in [-0.2, 0) is 35.0 Å². The molecule has 1 fully saturated rings. The number of carbonyl (C=O) groups is 3. The van der Waals surface area contributed by atoms with Crippen molar-refractivity contribution in [2.75, 3.05) is 13.7 Å². The summed E-state index contributed by atoms with van der Waals surface area (Å²) in [4.78, 5) is 41.8. The fourth-order valence-electron chi connectivity index (χ4n) is 4.75. The first-order chi connectivity index (χ1) is 19.8. The summed E-state index contributed by atoms with van der Waals surface area (Å²) in [7, 11) is 1.31. The van der Waals surface area contributed by atoms with E-state index in [1.807, 2.05) is 91.0 Å². The van der Waals surface area contributed by atoms with Crippen molar-refractivity contribution in [1.82, 2.24) is 10.2 Å². The zero-order valence-corrected chi connectivity index (χ0v) is 23.4. The number of esters is 1. The highest BCUT2D eigenvalue weighted by molar-refractivity contribution is 6.03. The van der Waals surface area contributed by atoms with E-state index in [0.29, 0.717) is 5.57 Å². The molecule has 0 bridgehead atoms. The molecule has 2 unspecified atom stereocenters. The van der Waals surface area contributed by atoms with Gasteiger partial charge in [0.15, 0.2) is 12.3 Å². The Bertz CT molecular complexity index is 1360. The van der Waals surface area contributed by atoms with Crippen LogP contribution in [0.25, 0.3) is 0 Å². The third-order valence-corrected chi connectivity index (χ3v) is 6.68. The minimum atomic E-state index is -1.84. The van der Waals surface area contributed by atoms with Crippen molar-refractivity contribution in [3.05, 3.63) is 132 Å². The minimum absolute atomic E-state index is 0.00547. The Morgan fingerprint density at radius 1 is 0.951 bits per heavy atom.